The summed E-state index contributed by atoms with van der Waals surface area (Å²) in [7, 11) is 3.07. The van der Waals surface area contributed by atoms with Crippen LogP contribution in [0.3, 0.4) is 0 Å². The molecule has 0 unspecified atom stereocenters. The maximum Gasteiger partial charge on any atom is 0.305 e. The van der Waals surface area contributed by atoms with Gasteiger partial charge in [0.25, 0.3) is 5.91 Å². The lowest BCUT2D eigenvalue weighted by Crippen LogP contribution is -2.17. The van der Waals surface area contributed by atoms with Crippen LogP contribution < -0.4 is 19.9 Å². The number of rotatable bonds is 13. The fourth-order valence-corrected chi connectivity index (χ4v) is 2.90. The van der Waals surface area contributed by atoms with Crippen LogP contribution in [0.1, 0.15) is 63.9 Å². The van der Waals surface area contributed by atoms with Gasteiger partial charge in [0.1, 0.15) is 11.9 Å². The van der Waals surface area contributed by atoms with Crippen LogP contribution in [0, 0.1) is 12.8 Å². The van der Waals surface area contributed by atoms with Crippen molar-refractivity contribution in [1.29, 1.82) is 0 Å². The van der Waals surface area contributed by atoms with Crippen LogP contribution in [0.4, 0.5) is 0 Å². The first-order valence-electron chi connectivity index (χ1n) is 13.1. The summed E-state index contributed by atoms with van der Waals surface area (Å²) in [5.74, 6) is 0.656. The van der Waals surface area contributed by atoms with E-state index in [9.17, 15) is 14.4 Å². The van der Waals surface area contributed by atoms with Gasteiger partial charge in [-0.15, -0.1) is 0 Å². The van der Waals surface area contributed by atoms with E-state index in [1.54, 1.807) is 14.0 Å². The van der Waals surface area contributed by atoms with Gasteiger partial charge in [-0.25, -0.2) is 4.98 Å². The number of hydrogen-bond acceptors (Lipinski definition) is 10. The molecule has 1 atom stereocenters. The molecule has 224 valence electrons. The maximum absolute atomic E-state index is 11.1. The third-order valence-corrected chi connectivity index (χ3v) is 5.38. The van der Waals surface area contributed by atoms with E-state index in [2.05, 4.69) is 16.6 Å². The van der Waals surface area contributed by atoms with E-state index in [-0.39, 0.29) is 37.5 Å². The standard InChI is InChI=1S/C11H20O3.C10H12N2O5.C8H10O.H2/c1-3-11(12)14-9(2)6-7-13-8-10-4-5-10;1-6(13)16-5-17-9-7(15-2)3-4-12-8(9)10(11)14;1-7-3-5-8(9-2)6-4-7;/h9-10H,3-8H2,1-2H3;3-4H,5H2,1-2H3,(H2,11,14);3-6H,1-2H3;1H/t9-;;;/m0.../s1. The van der Waals surface area contributed by atoms with E-state index in [0.717, 1.165) is 24.7 Å². The first kappa shape index (κ1) is 34.2. The van der Waals surface area contributed by atoms with Crippen molar-refractivity contribution >= 4 is 17.8 Å². The number of ether oxygens (including phenoxy) is 6. The average Bonchev–Trinajstić information content (AvgIpc) is 3.76. The highest BCUT2D eigenvalue weighted by molar-refractivity contribution is 5.94. The SMILES string of the molecule is CCC(=O)O[C@@H](C)CCOCC1CC1.COc1ccc(C)cc1.COc1ccnc(C(N)=O)c1OCOC(C)=O.[HH]. The predicted molar refractivity (Wildman–Crippen MR) is 150 cm³/mol. The maximum atomic E-state index is 11.1. The summed E-state index contributed by atoms with van der Waals surface area (Å²) in [6.07, 6.45) is 5.24. The zero-order chi connectivity index (χ0) is 29.9. The average molecular weight is 565 g/mol. The number of carbonyl (C=O) groups excluding carboxylic acids is 3. The van der Waals surface area contributed by atoms with Crippen LogP contribution in [-0.2, 0) is 23.8 Å². The molecule has 1 fully saturated rings. The van der Waals surface area contributed by atoms with Crippen LogP contribution in [0.5, 0.6) is 17.2 Å². The number of benzene rings is 1. The Hall–Kier alpha value is -3.86. The summed E-state index contributed by atoms with van der Waals surface area (Å²) in [6, 6.07) is 9.46. The van der Waals surface area contributed by atoms with Crippen molar-refractivity contribution in [3.63, 3.8) is 0 Å². The number of aromatic nitrogens is 1. The normalized spacial score (nSPS) is 12.3. The molecule has 1 aromatic carbocycles. The molecule has 1 amide bonds. The van der Waals surface area contributed by atoms with Crippen LogP contribution in [0.15, 0.2) is 36.5 Å². The molecule has 0 aliphatic heterocycles. The second-order valence-corrected chi connectivity index (χ2v) is 8.93. The van der Waals surface area contributed by atoms with Gasteiger partial charge in [-0.2, -0.15) is 0 Å². The van der Waals surface area contributed by atoms with Gasteiger partial charge < -0.3 is 34.2 Å². The molecule has 11 heteroatoms. The van der Waals surface area contributed by atoms with Crippen molar-refractivity contribution < 1.29 is 44.2 Å². The molecular weight excluding hydrogens is 520 g/mol. The summed E-state index contributed by atoms with van der Waals surface area (Å²) < 4.78 is 30.2. The lowest BCUT2D eigenvalue weighted by molar-refractivity contribution is -0.149. The Kier molecular flexibility index (Phi) is 16.4. The molecule has 2 aromatic rings. The Morgan fingerprint density at radius 3 is 2.30 bits per heavy atom. The lowest BCUT2D eigenvalue weighted by Gasteiger charge is -2.12. The fourth-order valence-electron chi connectivity index (χ4n) is 2.90. The van der Waals surface area contributed by atoms with Gasteiger partial charge in [-0.3, -0.25) is 14.4 Å². The molecule has 1 aliphatic rings. The van der Waals surface area contributed by atoms with E-state index in [1.165, 1.54) is 44.7 Å². The Morgan fingerprint density at radius 1 is 1.10 bits per heavy atom. The van der Waals surface area contributed by atoms with Crippen molar-refractivity contribution in [1.82, 2.24) is 4.98 Å². The summed E-state index contributed by atoms with van der Waals surface area (Å²) in [4.78, 5) is 36.3. The van der Waals surface area contributed by atoms with Crippen LogP contribution in [0.25, 0.3) is 0 Å². The van der Waals surface area contributed by atoms with E-state index in [4.69, 9.17) is 29.4 Å². The first-order chi connectivity index (χ1) is 19.1. The summed E-state index contributed by atoms with van der Waals surface area (Å²) >= 11 is 0. The predicted octanol–water partition coefficient (Wildman–Crippen LogP) is 4.48. The zero-order valence-electron chi connectivity index (χ0n) is 24.3. The number of hydrogen-bond donors (Lipinski definition) is 1. The van der Waals surface area contributed by atoms with Gasteiger partial charge in [0.05, 0.1) is 20.8 Å². The van der Waals surface area contributed by atoms with Crippen LogP contribution in [0.2, 0.25) is 0 Å². The number of amides is 1. The van der Waals surface area contributed by atoms with Gasteiger partial charge in [-0.1, -0.05) is 24.6 Å². The highest BCUT2D eigenvalue weighted by Crippen LogP contribution is 2.29. The van der Waals surface area contributed by atoms with Gasteiger partial charge in [0.2, 0.25) is 6.79 Å². The Bertz CT molecular complexity index is 1050. The van der Waals surface area contributed by atoms with Crippen molar-refractivity contribution in [2.75, 3.05) is 34.2 Å². The molecule has 1 heterocycles. The summed E-state index contributed by atoms with van der Waals surface area (Å²) in [5, 5.41) is 0. The van der Waals surface area contributed by atoms with Crippen molar-refractivity contribution in [3.05, 3.63) is 47.8 Å². The van der Waals surface area contributed by atoms with Crippen molar-refractivity contribution in [2.24, 2.45) is 11.7 Å². The minimum Gasteiger partial charge on any atom is -0.497 e. The molecular formula is C29H44N2O9. The van der Waals surface area contributed by atoms with E-state index in [0.29, 0.717) is 13.0 Å². The third kappa shape index (κ3) is 14.9. The van der Waals surface area contributed by atoms with Gasteiger partial charge in [0, 0.05) is 40.1 Å². The molecule has 0 radical (unpaired) electrons. The third-order valence-electron chi connectivity index (χ3n) is 5.38. The Balaban J connectivity index is 0.000000603. The quantitative estimate of drug-likeness (QED) is 0.210. The van der Waals surface area contributed by atoms with E-state index >= 15 is 0 Å². The number of carbonyl (C=O) groups is 3. The smallest absolute Gasteiger partial charge is 0.305 e. The Morgan fingerprint density at radius 2 is 1.77 bits per heavy atom. The molecule has 2 N–H and O–H groups in total. The van der Waals surface area contributed by atoms with Gasteiger partial charge in [-0.05, 0) is 44.7 Å². The molecule has 0 spiro atoms. The number of primary amides is 1. The van der Waals surface area contributed by atoms with Gasteiger partial charge >= 0.3 is 11.9 Å². The number of esters is 2. The second-order valence-electron chi connectivity index (χ2n) is 8.93. The number of aryl methyl sites for hydroxylation is 1. The topological polar surface area (TPSA) is 146 Å². The molecule has 0 saturated heterocycles. The highest BCUT2D eigenvalue weighted by Gasteiger charge is 2.21. The lowest BCUT2D eigenvalue weighted by atomic mass is 10.2. The molecule has 0 bridgehead atoms. The largest absolute Gasteiger partial charge is 0.497 e. The van der Waals surface area contributed by atoms with Crippen LogP contribution in [-0.4, -0.2) is 63.2 Å². The molecule has 1 aromatic heterocycles. The van der Waals surface area contributed by atoms with E-state index in [1.807, 2.05) is 31.2 Å². The van der Waals surface area contributed by atoms with Crippen molar-refractivity contribution in [2.45, 2.75) is 59.5 Å². The first-order valence-corrected chi connectivity index (χ1v) is 13.1. The molecule has 40 heavy (non-hydrogen) atoms. The number of methoxy groups -OCH3 is 2. The molecule has 11 nitrogen and oxygen atoms in total. The van der Waals surface area contributed by atoms with Crippen LogP contribution >= 0.6 is 0 Å². The summed E-state index contributed by atoms with van der Waals surface area (Å²) in [6.45, 7) is 8.24. The molecule has 3 rings (SSSR count). The monoisotopic (exact) mass is 564 g/mol. The van der Waals surface area contributed by atoms with Crippen molar-refractivity contribution in [3.8, 4) is 17.2 Å². The fraction of sp³-hybridized carbons (Fsp3) is 0.517. The molecule has 1 saturated carbocycles. The zero-order valence-corrected chi connectivity index (χ0v) is 24.3. The number of nitrogens with zero attached hydrogens (tertiary/aromatic N) is 1. The molecule has 1 aliphatic carbocycles. The summed E-state index contributed by atoms with van der Waals surface area (Å²) in [5.41, 5.74) is 6.30. The minimum absolute atomic E-state index is 0. The number of pyridine rings is 1. The number of nitrogens with two attached hydrogens (primary N) is 1. The van der Waals surface area contributed by atoms with E-state index < -0.39 is 11.9 Å². The minimum atomic E-state index is -0.762. The Labute approximate surface area is 237 Å². The van der Waals surface area contributed by atoms with Gasteiger partial charge in [0.15, 0.2) is 17.2 Å². The highest BCUT2D eigenvalue weighted by atomic mass is 16.7. The second kappa shape index (κ2) is 19.2.